The Balaban J connectivity index is 1.57. The fraction of sp³-hybridized carbons (Fsp3) is 0.150. The zero-order chi connectivity index (χ0) is 19.1. The Morgan fingerprint density at radius 3 is 2.56 bits per heavy atom. The summed E-state index contributed by atoms with van der Waals surface area (Å²) in [4.78, 5) is 24.2. The fourth-order valence-electron chi connectivity index (χ4n) is 2.34. The van der Waals surface area contributed by atoms with Crippen molar-refractivity contribution in [3.8, 4) is 5.75 Å². The summed E-state index contributed by atoms with van der Waals surface area (Å²) in [5, 5.41) is 6.13. The highest BCUT2D eigenvalue weighted by atomic mass is 16.5. The molecule has 0 fully saturated rings. The summed E-state index contributed by atoms with van der Waals surface area (Å²) in [6, 6.07) is 17.8. The molecular formula is C20H18N2O5. The van der Waals surface area contributed by atoms with E-state index in [2.05, 4.69) is 10.5 Å². The van der Waals surface area contributed by atoms with Crippen molar-refractivity contribution < 1.29 is 23.6 Å². The molecule has 7 heteroatoms. The molecule has 1 aromatic heterocycles. The Bertz CT molecular complexity index is 921. The van der Waals surface area contributed by atoms with Crippen molar-refractivity contribution in [3.05, 3.63) is 77.6 Å². The standard InChI is InChI=1S/C20H18N2O5/c1-14-11-18(22-27-14)21-19(23)13-26-20(24)17-10-6-5-7-15(17)12-25-16-8-3-2-4-9-16/h2-11H,12-13H2,1H3,(H,21,22,23). The van der Waals surface area contributed by atoms with Crippen LogP contribution in [-0.4, -0.2) is 23.6 Å². The zero-order valence-corrected chi connectivity index (χ0v) is 14.7. The lowest BCUT2D eigenvalue weighted by Gasteiger charge is -2.11. The highest BCUT2D eigenvalue weighted by molar-refractivity contribution is 5.95. The molecule has 0 saturated carbocycles. The van der Waals surface area contributed by atoms with Crippen LogP contribution in [0, 0.1) is 6.92 Å². The molecule has 27 heavy (non-hydrogen) atoms. The number of aromatic nitrogens is 1. The van der Waals surface area contributed by atoms with E-state index in [9.17, 15) is 9.59 Å². The Morgan fingerprint density at radius 2 is 1.81 bits per heavy atom. The van der Waals surface area contributed by atoms with Gasteiger partial charge in [0.15, 0.2) is 12.4 Å². The quantitative estimate of drug-likeness (QED) is 0.645. The van der Waals surface area contributed by atoms with Crippen LogP contribution in [-0.2, 0) is 16.1 Å². The average Bonchev–Trinajstić information content (AvgIpc) is 3.10. The minimum Gasteiger partial charge on any atom is -0.489 e. The first-order valence-corrected chi connectivity index (χ1v) is 8.28. The number of hydrogen-bond donors (Lipinski definition) is 1. The van der Waals surface area contributed by atoms with Gasteiger partial charge in [0.25, 0.3) is 5.91 Å². The van der Waals surface area contributed by atoms with Crippen molar-refractivity contribution in [1.29, 1.82) is 0 Å². The first kappa shape index (κ1) is 18.2. The Morgan fingerprint density at radius 1 is 1.07 bits per heavy atom. The van der Waals surface area contributed by atoms with Crippen LogP contribution >= 0.6 is 0 Å². The molecule has 2 aromatic carbocycles. The zero-order valence-electron chi connectivity index (χ0n) is 14.7. The molecule has 1 heterocycles. The molecule has 0 aliphatic rings. The number of para-hydroxylation sites is 1. The first-order valence-electron chi connectivity index (χ1n) is 8.28. The molecule has 0 saturated heterocycles. The number of hydrogen-bond acceptors (Lipinski definition) is 6. The van der Waals surface area contributed by atoms with Crippen molar-refractivity contribution in [2.75, 3.05) is 11.9 Å². The monoisotopic (exact) mass is 366 g/mol. The highest BCUT2D eigenvalue weighted by Gasteiger charge is 2.15. The Labute approximate surface area is 155 Å². The molecule has 3 aromatic rings. The third-order valence-corrected chi connectivity index (χ3v) is 3.60. The second-order valence-electron chi connectivity index (χ2n) is 5.71. The summed E-state index contributed by atoms with van der Waals surface area (Å²) in [7, 11) is 0. The maximum Gasteiger partial charge on any atom is 0.339 e. The first-order chi connectivity index (χ1) is 13.1. The number of nitrogens with zero attached hydrogens (tertiary/aromatic N) is 1. The number of aryl methyl sites for hydroxylation is 1. The third kappa shape index (κ3) is 5.18. The lowest BCUT2D eigenvalue weighted by molar-refractivity contribution is -0.119. The lowest BCUT2D eigenvalue weighted by atomic mass is 10.1. The molecule has 0 bridgehead atoms. The summed E-state index contributed by atoms with van der Waals surface area (Å²) < 4.78 is 15.6. The second-order valence-corrected chi connectivity index (χ2v) is 5.71. The van der Waals surface area contributed by atoms with E-state index in [0.29, 0.717) is 22.6 Å². The molecule has 1 amide bonds. The third-order valence-electron chi connectivity index (χ3n) is 3.60. The van der Waals surface area contributed by atoms with Gasteiger partial charge in [-0.15, -0.1) is 0 Å². The number of anilines is 1. The molecule has 0 unspecified atom stereocenters. The van der Waals surface area contributed by atoms with E-state index in [0.717, 1.165) is 0 Å². The van der Waals surface area contributed by atoms with Crippen LogP contribution < -0.4 is 10.1 Å². The number of rotatable bonds is 7. The number of amides is 1. The Kier molecular flexibility index (Phi) is 5.84. The van der Waals surface area contributed by atoms with Gasteiger partial charge >= 0.3 is 5.97 Å². The Hall–Kier alpha value is -3.61. The van der Waals surface area contributed by atoms with Crippen LogP contribution in [0.4, 0.5) is 5.82 Å². The van der Waals surface area contributed by atoms with Gasteiger partial charge in [-0.1, -0.05) is 41.6 Å². The van der Waals surface area contributed by atoms with Crippen molar-refractivity contribution in [1.82, 2.24) is 5.16 Å². The van der Waals surface area contributed by atoms with E-state index >= 15 is 0 Å². The van der Waals surface area contributed by atoms with Crippen LogP contribution in [0.2, 0.25) is 0 Å². The molecule has 0 aliphatic carbocycles. The maximum atomic E-state index is 12.3. The van der Waals surface area contributed by atoms with Crippen LogP contribution in [0.5, 0.6) is 5.75 Å². The maximum absolute atomic E-state index is 12.3. The molecular weight excluding hydrogens is 348 g/mol. The van der Waals surface area contributed by atoms with E-state index in [1.165, 1.54) is 0 Å². The van der Waals surface area contributed by atoms with Crippen molar-refractivity contribution in [3.63, 3.8) is 0 Å². The van der Waals surface area contributed by atoms with E-state index in [1.54, 1.807) is 37.3 Å². The van der Waals surface area contributed by atoms with Gasteiger partial charge < -0.3 is 19.3 Å². The van der Waals surface area contributed by atoms with E-state index in [-0.39, 0.29) is 12.4 Å². The number of ether oxygens (including phenoxy) is 2. The molecule has 0 radical (unpaired) electrons. The van der Waals surface area contributed by atoms with Crippen LogP contribution in [0.1, 0.15) is 21.7 Å². The fourth-order valence-corrected chi connectivity index (χ4v) is 2.34. The highest BCUT2D eigenvalue weighted by Crippen LogP contribution is 2.15. The normalized spacial score (nSPS) is 10.3. The van der Waals surface area contributed by atoms with Gasteiger partial charge in [0, 0.05) is 11.6 Å². The van der Waals surface area contributed by atoms with E-state index < -0.39 is 18.5 Å². The number of carbonyl (C=O) groups excluding carboxylic acids is 2. The molecule has 0 atom stereocenters. The minimum atomic E-state index is -0.603. The van der Waals surface area contributed by atoms with Crippen molar-refractivity contribution >= 4 is 17.7 Å². The predicted molar refractivity (Wildman–Crippen MR) is 97.4 cm³/mol. The smallest absolute Gasteiger partial charge is 0.339 e. The summed E-state index contributed by atoms with van der Waals surface area (Å²) in [6.45, 7) is 1.48. The van der Waals surface area contributed by atoms with Gasteiger partial charge in [-0.2, -0.15) is 0 Å². The number of nitrogens with one attached hydrogen (secondary N) is 1. The van der Waals surface area contributed by atoms with Crippen LogP contribution in [0.15, 0.2) is 65.2 Å². The predicted octanol–water partition coefficient (Wildman–Crippen LogP) is 3.36. The van der Waals surface area contributed by atoms with Gasteiger partial charge in [-0.25, -0.2) is 4.79 Å². The minimum absolute atomic E-state index is 0.208. The van der Waals surface area contributed by atoms with Crippen LogP contribution in [0.3, 0.4) is 0 Å². The van der Waals surface area contributed by atoms with E-state index in [1.807, 2.05) is 30.3 Å². The topological polar surface area (TPSA) is 90.7 Å². The molecule has 0 spiro atoms. The lowest BCUT2D eigenvalue weighted by Crippen LogP contribution is -2.21. The average molecular weight is 366 g/mol. The van der Waals surface area contributed by atoms with Gasteiger partial charge in [-0.3, -0.25) is 4.79 Å². The SMILES string of the molecule is Cc1cc(NC(=O)COC(=O)c2ccccc2COc2ccccc2)no1. The summed E-state index contributed by atoms with van der Waals surface area (Å²) in [5.41, 5.74) is 1.01. The molecule has 138 valence electrons. The molecule has 3 rings (SSSR count). The van der Waals surface area contributed by atoms with Crippen LogP contribution in [0.25, 0.3) is 0 Å². The second kappa shape index (κ2) is 8.66. The molecule has 0 aliphatic heterocycles. The van der Waals surface area contributed by atoms with Gasteiger partial charge in [-0.05, 0) is 25.1 Å². The summed E-state index contributed by atoms with van der Waals surface area (Å²) in [5.74, 6) is 0.422. The van der Waals surface area contributed by atoms with Gasteiger partial charge in [0.1, 0.15) is 18.1 Å². The molecule has 7 nitrogen and oxygen atoms in total. The van der Waals surface area contributed by atoms with Crippen molar-refractivity contribution in [2.24, 2.45) is 0 Å². The number of esters is 1. The number of carbonyl (C=O) groups is 2. The van der Waals surface area contributed by atoms with Gasteiger partial charge in [0.2, 0.25) is 0 Å². The largest absolute Gasteiger partial charge is 0.489 e. The van der Waals surface area contributed by atoms with Gasteiger partial charge in [0.05, 0.1) is 5.56 Å². The number of benzene rings is 2. The molecule has 1 N–H and O–H groups in total. The van der Waals surface area contributed by atoms with E-state index in [4.69, 9.17) is 14.0 Å². The van der Waals surface area contributed by atoms with Crippen molar-refractivity contribution in [2.45, 2.75) is 13.5 Å². The summed E-state index contributed by atoms with van der Waals surface area (Å²) >= 11 is 0. The summed E-state index contributed by atoms with van der Waals surface area (Å²) in [6.07, 6.45) is 0.